The molecule has 0 bridgehead atoms. The van der Waals surface area contributed by atoms with Crippen molar-refractivity contribution in [3.63, 3.8) is 0 Å². The van der Waals surface area contributed by atoms with Crippen LogP contribution >= 0.6 is 0 Å². The lowest BCUT2D eigenvalue weighted by Gasteiger charge is -2.39. The third kappa shape index (κ3) is 4.08. The monoisotopic (exact) mass is 264 g/mol. The fourth-order valence-electron chi connectivity index (χ4n) is 3.14. The Morgan fingerprint density at radius 3 is 2.79 bits per heavy atom. The van der Waals surface area contributed by atoms with Gasteiger partial charge in [-0.3, -0.25) is 4.90 Å². The normalized spacial score (nSPS) is 27.9. The van der Waals surface area contributed by atoms with Gasteiger partial charge >= 0.3 is 0 Å². The van der Waals surface area contributed by atoms with E-state index in [4.69, 9.17) is 10.2 Å². The topological polar surface area (TPSA) is 42.4 Å². The molecule has 1 heterocycles. The molecule has 0 amide bonds. The zero-order valence-electron chi connectivity index (χ0n) is 12.3. The molecule has 2 N–H and O–H groups in total. The van der Waals surface area contributed by atoms with E-state index in [0.717, 1.165) is 43.7 Å². The van der Waals surface area contributed by atoms with E-state index in [0.29, 0.717) is 6.04 Å². The van der Waals surface area contributed by atoms with E-state index in [2.05, 4.69) is 24.8 Å². The molecule has 1 aromatic rings. The molecular formula is C16H28N2O. The van der Waals surface area contributed by atoms with Crippen molar-refractivity contribution in [3.8, 4) is 0 Å². The average molecular weight is 264 g/mol. The van der Waals surface area contributed by atoms with Gasteiger partial charge in [0.2, 0.25) is 0 Å². The SMILES string of the molecule is C[C@@H]1CC[C@@H](N(CCCN)Cc2ccco2)C[C@H]1C. The van der Waals surface area contributed by atoms with E-state index in [1.54, 1.807) is 6.26 Å². The van der Waals surface area contributed by atoms with Gasteiger partial charge in [-0.15, -0.1) is 0 Å². The lowest BCUT2D eigenvalue weighted by atomic mass is 9.78. The van der Waals surface area contributed by atoms with Crippen molar-refractivity contribution < 1.29 is 4.42 Å². The van der Waals surface area contributed by atoms with E-state index in [9.17, 15) is 0 Å². The predicted molar refractivity (Wildman–Crippen MR) is 78.8 cm³/mol. The number of nitrogens with two attached hydrogens (primary N) is 1. The van der Waals surface area contributed by atoms with Crippen LogP contribution in [0.3, 0.4) is 0 Å². The molecule has 2 rings (SSSR count). The van der Waals surface area contributed by atoms with Gasteiger partial charge in [0.25, 0.3) is 0 Å². The van der Waals surface area contributed by atoms with Gasteiger partial charge in [0, 0.05) is 12.6 Å². The zero-order chi connectivity index (χ0) is 13.7. The lowest BCUT2D eigenvalue weighted by Crippen LogP contribution is -2.40. The Morgan fingerprint density at radius 1 is 1.32 bits per heavy atom. The summed E-state index contributed by atoms with van der Waals surface area (Å²) in [4.78, 5) is 2.58. The van der Waals surface area contributed by atoms with Gasteiger partial charge in [0.15, 0.2) is 0 Å². The molecule has 3 nitrogen and oxygen atoms in total. The number of hydrogen-bond acceptors (Lipinski definition) is 3. The third-order valence-electron chi connectivity index (χ3n) is 4.68. The first-order valence-electron chi connectivity index (χ1n) is 7.67. The molecule has 3 atom stereocenters. The van der Waals surface area contributed by atoms with Crippen LogP contribution in [0.15, 0.2) is 22.8 Å². The second-order valence-corrected chi connectivity index (χ2v) is 6.11. The summed E-state index contributed by atoms with van der Waals surface area (Å²) in [5, 5.41) is 0. The summed E-state index contributed by atoms with van der Waals surface area (Å²) in [5.41, 5.74) is 5.68. The van der Waals surface area contributed by atoms with Crippen molar-refractivity contribution in [2.75, 3.05) is 13.1 Å². The van der Waals surface area contributed by atoms with E-state index in [-0.39, 0.29) is 0 Å². The summed E-state index contributed by atoms with van der Waals surface area (Å²) in [5.74, 6) is 2.77. The molecule has 1 aromatic heterocycles. The molecular weight excluding hydrogens is 236 g/mol. The van der Waals surface area contributed by atoms with Crippen LogP contribution in [0.4, 0.5) is 0 Å². The largest absolute Gasteiger partial charge is 0.468 e. The van der Waals surface area contributed by atoms with Crippen molar-refractivity contribution in [1.82, 2.24) is 4.90 Å². The highest BCUT2D eigenvalue weighted by atomic mass is 16.3. The Balaban J connectivity index is 1.96. The van der Waals surface area contributed by atoms with Crippen molar-refractivity contribution in [2.24, 2.45) is 17.6 Å². The third-order valence-corrected chi connectivity index (χ3v) is 4.68. The Bertz CT molecular complexity index is 350. The Morgan fingerprint density at radius 2 is 2.16 bits per heavy atom. The number of furan rings is 1. The van der Waals surface area contributed by atoms with Crippen LogP contribution in [0.5, 0.6) is 0 Å². The Labute approximate surface area is 117 Å². The molecule has 0 radical (unpaired) electrons. The van der Waals surface area contributed by atoms with Gasteiger partial charge in [-0.25, -0.2) is 0 Å². The Hall–Kier alpha value is -0.800. The highest BCUT2D eigenvalue weighted by Gasteiger charge is 2.28. The number of rotatable bonds is 6. The molecule has 0 unspecified atom stereocenters. The molecule has 0 saturated heterocycles. The number of hydrogen-bond donors (Lipinski definition) is 1. The zero-order valence-corrected chi connectivity index (χ0v) is 12.3. The van der Waals surface area contributed by atoms with Crippen LogP contribution < -0.4 is 5.73 Å². The van der Waals surface area contributed by atoms with Crippen LogP contribution in [0.1, 0.15) is 45.3 Å². The van der Waals surface area contributed by atoms with Crippen molar-refractivity contribution in [3.05, 3.63) is 24.2 Å². The van der Waals surface area contributed by atoms with Crippen LogP contribution in [0, 0.1) is 11.8 Å². The first-order chi connectivity index (χ1) is 9.20. The van der Waals surface area contributed by atoms with Crippen molar-refractivity contribution in [2.45, 2.75) is 52.1 Å². The molecule has 0 spiro atoms. The maximum absolute atomic E-state index is 5.68. The molecule has 108 valence electrons. The number of nitrogens with zero attached hydrogens (tertiary/aromatic N) is 1. The molecule has 3 heteroatoms. The summed E-state index contributed by atoms with van der Waals surface area (Å²) < 4.78 is 5.51. The summed E-state index contributed by atoms with van der Waals surface area (Å²) in [6.45, 7) is 7.57. The smallest absolute Gasteiger partial charge is 0.117 e. The summed E-state index contributed by atoms with van der Waals surface area (Å²) >= 11 is 0. The van der Waals surface area contributed by atoms with E-state index < -0.39 is 0 Å². The highest BCUT2D eigenvalue weighted by Crippen LogP contribution is 2.32. The van der Waals surface area contributed by atoms with Crippen LogP contribution in [-0.4, -0.2) is 24.0 Å². The Kier molecular flexibility index (Phi) is 5.46. The minimum Gasteiger partial charge on any atom is -0.468 e. The predicted octanol–water partition coefficient (Wildman–Crippen LogP) is 3.26. The first-order valence-corrected chi connectivity index (χ1v) is 7.67. The molecule has 1 fully saturated rings. The van der Waals surface area contributed by atoms with Crippen LogP contribution in [0.2, 0.25) is 0 Å². The van der Waals surface area contributed by atoms with Gasteiger partial charge in [0.05, 0.1) is 12.8 Å². The standard InChI is InChI=1S/C16H28N2O/c1-13-6-7-15(11-14(13)2)18(9-4-8-17)12-16-5-3-10-19-16/h3,5,10,13-15H,4,6-9,11-12,17H2,1-2H3/t13-,14-,15-/m1/s1. The molecule has 19 heavy (non-hydrogen) atoms. The fraction of sp³-hybridized carbons (Fsp3) is 0.750. The second kappa shape index (κ2) is 7.11. The maximum Gasteiger partial charge on any atom is 0.117 e. The van der Waals surface area contributed by atoms with Gasteiger partial charge in [-0.1, -0.05) is 13.8 Å². The summed E-state index contributed by atoms with van der Waals surface area (Å²) in [6, 6.07) is 4.75. The second-order valence-electron chi connectivity index (χ2n) is 6.11. The fourth-order valence-corrected chi connectivity index (χ4v) is 3.14. The van der Waals surface area contributed by atoms with Gasteiger partial charge in [-0.05, 0) is 56.2 Å². The van der Waals surface area contributed by atoms with Crippen LogP contribution in [-0.2, 0) is 6.54 Å². The van der Waals surface area contributed by atoms with Gasteiger partial charge < -0.3 is 10.2 Å². The highest BCUT2D eigenvalue weighted by molar-refractivity contribution is 4.98. The average Bonchev–Trinajstić information content (AvgIpc) is 2.91. The molecule has 0 aromatic carbocycles. The lowest BCUT2D eigenvalue weighted by molar-refractivity contribution is 0.0957. The first kappa shape index (κ1) is 14.6. The quantitative estimate of drug-likeness (QED) is 0.857. The molecule has 0 aliphatic heterocycles. The van der Waals surface area contributed by atoms with Crippen molar-refractivity contribution in [1.29, 1.82) is 0 Å². The summed E-state index contributed by atoms with van der Waals surface area (Å²) in [6.07, 6.45) is 6.81. The van der Waals surface area contributed by atoms with E-state index >= 15 is 0 Å². The van der Waals surface area contributed by atoms with E-state index in [1.807, 2.05) is 6.07 Å². The molecule has 1 aliphatic carbocycles. The maximum atomic E-state index is 5.68. The minimum atomic E-state index is 0.697. The van der Waals surface area contributed by atoms with E-state index in [1.165, 1.54) is 19.3 Å². The van der Waals surface area contributed by atoms with Gasteiger partial charge in [-0.2, -0.15) is 0 Å². The minimum absolute atomic E-state index is 0.697. The van der Waals surface area contributed by atoms with Crippen molar-refractivity contribution >= 4 is 0 Å². The summed E-state index contributed by atoms with van der Waals surface area (Å²) in [7, 11) is 0. The molecule has 1 aliphatic rings. The molecule has 1 saturated carbocycles. The van der Waals surface area contributed by atoms with Gasteiger partial charge in [0.1, 0.15) is 5.76 Å². The van der Waals surface area contributed by atoms with Crippen LogP contribution in [0.25, 0.3) is 0 Å².